The number of benzene rings is 1. The fourth-order valence-corrected chi connectivity index (χ4v) is 2.66. The highest BCUT2D eigenvalue weighted by molar-refractivity contribution is 7.89. The van der Waals surface area contributed by atoms with Gasteiger partial charge in [0.15, 0.2) is 15.4 Å². The molecule has 0 bridgehead atoms. The van der Waals surface area contributed by atoms with E-state index in [-0.39, 0.29) is 11.4 Å². The van der Waals surface area contributed by atoms with E-state index in [0.29, 0.717) is 5.56 Å². The van der Waals surface area contributed by atoms with Crippen LogP contribution in [0.25, 0.3) is 0 Å². The van der Waals surface area contributed by atoms with Crippen molar-refractivity contribution >= 4 is 21.4 Å². The minimum absolute atomic E-state index is 0.137. The summed E-state index contributed by atoms with van der Waals surface area (Å²) in [4.78, 5) is 38.2. The van der Waals surface area contributed by atoms with Crippen LogP contribution in [0.3, 0.4) is 0 Å². The minimum atomic E-state index is -3.17. The zero-order valence-electron chi connectivity index (χ0n) is 11.9. The number of nitrogens with one attached hydrogen (secondary N) is 3. The highest BCUT2D eigenvalue weighted by Gasteiger charge is 2.17. The summed E-state index contributed by atoms with van der Waals surface area (Å²) in [5.41, 5.74) is -1.77. The number of amides is 1. The molecule has 9 nitrogen and oxygen atoms in total. The molecule has 0 spiro atoms. The number of carbonyl (C=O) groups excluding carboxylic acids is 1. The Morgan fingerprint density at radius 2 is 1.78 bits per heavy atom. The third-order valence-electron chi connectivity index (χ3n) is 2.79. The molecule has 0 aliphatic heterocycles. The Morgan fingerprint density at radius 1 is 1.17 bits per heavy atom. The van der Waals surface area contributed by atoms with E-state index in [0.717, 1.165) is 6.26 Å². The van der Waals surface area contributed by atoms with Crippen LogP contribution in [0.1, 0.15) is 15.9 Å². The molecule has 2 aromatic rings. The van der Waals surface area contributed by atoms with Crippen LogP contribution in [0.5, 0.6) is 5.88 Å². The summed E-state index contributed by atoms with van der Waals surface area (Å²) >= 11 is 0. The van der Waals surface area contributed by atoms with Crippen molar-refractivity contribution in [3.8, 4) is 5.88 Å². The Labute approximate surface area is 129 Å². The van der Waals surface area contributed by atoms with Gasteiger partial charge in [0.05, 0.1) is 5.75 Å². The van der Waals surface area contributed by atoms with E-state index < -0.39 is 38.4 Å². The molecule has 2 rings (SSSR count). The normalized spacial score (nSPS) is 11.2. The highest BCUT2D eigenvalue weighted by atomic mass is 32.2. The lowest BCUT2D eigenvalue weighted by Gasteiger charge is -2.06. The number of anilines is 1. The molecular weight excluding hydrogens is 326 g/mol. The second kappa shape index (κ2) is 6.08. The molecule has 4 N–H and O–H groups in total. The molecule has 23 heavy (non-hydrogen) atoms. The summed E-state index contributed by atoms with van der Waals surface area (Å²) in [6, 6.07) is 5.92. The van der Waals surface area contributed by atoms with Gasteiger partial charge in [-0.25, -0.2) is 13.2 Å². The molecule has 0 saturated carbocycles. The van der Waals surface area contributed by atoms with Crippen molar-refractivity contribution < 1.29 is 18.3 Å². The molecule has 0 unspecified atom stereocenters. The Bertz CT molecular complexity index is 956. The molecule has 0 fully saturated rings. The molecule has 0 aliphatic rings. The standard InChI is InChI=1S/C13H13N3O6S/c1-23(21,22)6-7-2-4-8(5-3-7)14-10(17)9-11(18)15-13(20)16-12(9)19/h2-5H,6H2,1H3,(H,14,17)(H3,15,16,18,19,20). The first-order valence-corrected chi connectivity index (χ1v) is 8.35. The Kier molecular flexibility index (Phi) is 4.36. The topological polar surface area (TPSA) is 149 Å². The molecule has 1 aromatic carbocycles. The maximum absolute atomic E-state index is 12.0. The van der Waals surface area contributed by atoms with E-state index in [4.69, 9.17) is 0 Å². The van der Waals surface area contributed by atoms with Gasteiger partial charge >= 0.3 is 5.69 Å². The Balaban J connectivity index is 2.21. The average molecular weight is 339 g/mol. The molecule has 0 radical (unpaired) electrons. The van der Waals surface area contributed by atoms with E-state index in [1.54, 1.807) is 0 Å². The van der Waals surface area contributed by atoms with Gasteiger partial charge in [-0.05, 0) is 17.7 Å². The van der Waals surface area contributed by atoms with Gasteiger partial charge < -0.3 is 10.4 Å². The third kappa shape index (κ3) is 4.30. The van der Waals surface area contributed by atoms with Crippen molar-refractivity contribution in [1.82, 2.24) is 9.97 Å². The van der Waals surface area contributed by atoms with Gasteiger partial charge in [0.2, 0.25) is 5.88 Å². The smallest absolute Gasteiger partial charge is 0.328 e. The van der Waals surface area contributed by atoms with Crippen LogP contribution < -0.4 is 16.6 Å². The molecule has 0 atom stereocenters. The van der Waals surface area contributed by atoms with Crippen molar-refractivity contribution in [2.45, 2.75) is 5.75 Å². The minimum Gasteiger partial charge on any atom is -0.494 e. The summed E-state index contributed by atoms with van der Waals surface area (Å²) < 4.78 is 22.4. The van der Waals surface area contributed by atoms with Crippen LogP contribution >= 0.6 is 0 Å². The van der Waals surface area contributed by atoms with Crippen LogP contribution in [-0.2, 0) is 15.6 Å². The number of rotatable bonds is 4. The number of H-pyrrole nitrogens is 2. The second-order valence-corrected chi connectivity index (χ2v) is 6.99. The van der Waals surface area contributed by atoms with Crippen LogP contribution in [-0.4, -0.2) is 35.7 Å². The van der Waals surface area contributed by atoms with E-state index in [2.05, 4.69) is 5.32 Å². The predicted octanol–water partition coefficient (Wildman–Crippen LogP) is -0.434. The summed E-state index contributed by atoms with van der Waals surface area (Å²) in [5, 5.41) is 11.8. The number of carbonyl (C=O) groups is 1. The first-order chi connectivity index (χ1) is 10.7. The molecule has 0 saturated heterocycles. The molecule has 10 heteroatoms. The van der Waals surface area contributed by atoms with Crippen LogP contribution in [0.2, 0.25) is 0 Å². The summed E-state index contributed by atoms with van der Waals surface area (Å²) in [7, 11) is -3.17. The summed E-state index contributed by atoms with van der Waals surface area (Å²) in [6.07, 6.45) is 1.11. The molecule has 1 amide bonds. The van der Waals surface area contributed by atoms with Crippen molar-refractivity contribution in [1.29, 1.82) is 0 Å². The number of hydrogen-bond donors (Lipinski definition) is 4. The van der Waals surface area contributed by atoms with E-state index >= 15 is 0 Å². The van der Waals surface area contributed by atoms with Crippen LogP contribution in [0, 0.1) is 0 Å². The second-order valence-electron chi connectivity index (χ2n) is 4.85. The van der Waals surface area contributed by atoms with Crippen LogP contribution in [0.4, 0.5) is 5.69 Å². The fraction of sp³-hybridized carbons (Fsp3) is 0.154. The lowest BCUT2D eigenvalue weighted by Crippen LogP contribution is -2.30. The zero-order chi connectivity index (χ0) is 17.2. The van der Waals surface area contributed by atoms with Gasteiger partial charge in [-0.2, -0.15) is 0 Å². The van der Waals surface area contributed by atoms with E-state index in [1.807, 2.05) is 9.97 Å². The Hall–Kier alpha value is -2.88. The van der Waals surface area contributed by atoms with Gasteiger partial charge in [-0.15, -0.1) is 0 Å². The maximum atomic E-state index is 12.0. The summed E-state index contributed by atoms with van der Waals surface area (Å²) in [6.45, 7) is 0. The molecule has 122 valence electrons. The first kappa shape index (κ1) is 16.5. The molecule has 1 heterocycles. The van der Waals surface area contributed by atoms with Gasteiger partial charge in [-0.1, -0.05) is 12.1 Å². The lowest BCUT2D eigenvalue weighted by molar-refractivity contribution is 0.102. The van der Waals surface area contributed by atoms with Gasteiger partial charge in [-0.3, -0.25) is 19.6 Å². The number of aromatic hydroxyl groups is 1. The van der Waals surface area contributed by atoms with E-state index in [9.17, 15) is 27.9 Å². The quantitative estimate of drug-likeness (QED) is 0.593. The largest absolute Gasteiger partial charge is 0.494 e. The monoisotopic (exact) mass is 339 g/mol. The lowest BCUT2D eigenvalue weighted by atomic mass is 10.2. The molecule has 0 aliphatic carbocycles. The fourth-order valence-electron chi connectivity index (χ4n) is 1.87. The Morgan fingerprint density at radius 3 is 2.30 bits per heavy atom. The third-order valence-corrected chi connectivity index (χ3v) is 3.65. The van der Waals surface area contributed by atoms with E-state index in [1.165, 1.54) is 24.3 Å². The molecular formula is C13H13N3O6S. The van der Waals surface area contributed by atoms with Gasteiger partial charge in [0.1, 0.15) is 0 Å². The van der Waals surface area contributed by atoms with Gasteiger partial charge in [0, 0.05) is 11.9 Å². The SMILES string of the molecule is CS(=O)(=O)Cc1ccc(NC(=O)c2c(O)[nH]c(=O)[nH]c2=O)cc1. The number of sulfone groups is 1. The maximum Gasteiger partial charge on any atom is 0.328 e. The van der Waals surface area contributed by atoms with Crippen molar-refractivity contribution in [2.75, 3.05) is 11.6 Å². The first-order valence-electron chi connectivity index (χ1n) is 6.29. The average Bonchev–Trinajstić information content (AvgIpc) is 2.38. The zero-order valence-corrected chi connectivity index (χ0v) is 12.7. The van der Waals surface area contributed by atoms with Crippen LogP contribution in [0.15, 0.2) is 33.9 Å². The van der Waals surface area contributed by atoms with Crippen molar-refractivity contribution in [3.63, 3.8) is 0 Å². The number of hydrogen-bond acceptors (Lipinski definition) is 6. The number of aromatic amines is 2. The highest BCUT2D eigenvalue weighted by Crippen LogP contribution is 2.14. The summed E-state index contributed by atoms with van der Waals surface area (Å²) in [5.74, 6) is -1.90. The van der Waals surface area contributed by atoms with Crippen molar-refractivity contribution in [3.05, 3.63) is 56.2 Å². The van der Waals surface area contributed by atoms with Crippen molar-refractivity contribution in [2.24, 2.45) is 0 Å². The molecule has 1 aromatic heterocycles. The van der Waals surface area contributed by atoms with Gasteiger partial charge in [0.25, 0.3) is 11.5 Å². The predicted molar refractivity (Wildman–Crippen MR) is 82.3 cm³/mol. The number of aromatic nitrogens is 2.